The number of rotatable bonds is 11. The van der Waals surface area contributed by atoms with Gasteiger partial charge in [-0.2, -0.15) is 5.26 Å². The molecule has 10 aromatic heterocycles. The Morgan fingerprint density at radius 2 is 0.413 bits per heavy atom. The minimum atomic E-state index is 0.519. The molecule has 506 valence electrons. The molecule has 0 N–H and O–H groups in total. The third kappa shape index (κ3) is 9.45. The van der Waals surface area contributed by atoms with Crippen molar-refractivity contribution in [3.05, 3.63) is 364 Å². The Morgan fingerprint density at radius 3 is 0.651 bits per heavy atom. The van der Waals surface area contributed by atoms with Crippen LogP contribution in [0.15, 0.2) is 359 Å². The zero-order valence-electron chi connectivity index (χ0n) is 58.5. The third-order valence-corrected chi connectivity index (χ3v) is 21.9. The van der Waals surface area contributed by atoms with Gasteiger partial charge in [0.2, 0.25) is 0 Å². The first kappa shape index (κ1) is 61.4. The largest absolute Gasteiger partial charge is 0.305 e. The molecular formula is C98H59N11. The Morgan fingerprint density at radius 1 is 0.193 bits per heavy atom. The van der Waals surface area contributed by atoms with Crippen LogP contribution in [0.2, 0.25) is 0 Å². The highest BCUT2D eigenvalue weighted by Gasteiger charge is 2.38. The molecule has 22 rings (SSSR count). The van der Waals surface area contributed by atoms with E-state index < -0.39 is 0 Å². The molecule has 0 aliphatic carbocycles. The highest BCUT2D eigenvalue weighted by molar-refractivity contribution is 6.19. The molecule has 12 aromatic carbocycles. The molecule has 109 heavy (non-hydrogen) atoms. The Hall–Kier alpha value is -15.1. The van der Waals surface area contributed by atoms with Crippen LogP contribution < -0.4 is 0 Å². The number of nitriles is 1. The molecule has 0 amide bonds. The summed E-state index contributed by atoms with van der Waals surface area (Å²) in [4.78, 5) is 27.4. The van der Waals surface area contributed by atoms with Crippen molar-refractivity contribution in [1.82, 2.24) is 47.8 Å². The Labute approximate surface area is 624 Å². The number of benzene rings is 12. The molecular weight excluding hydrogens is 1330 g/mol. The minimum Gasteiger partial charge on any atom is -0.305 e. The zero-order valence-corrected chi connectivity index (χ0v) is 58.5. The van der Waals surface area contributed by atoms with Crippen molar-refractivity contribution in [2.24, 2.45) is 0 Å². The lowest BCUT2D eigenvalue weighted by molar-refractivity contribution is 0.999. The lowest BCUT2D eigenvalue weighted by Crippen LogP contribution is -2.18. The van der Waals surface area contributed by atoms with E-state index in [1.165, 1.54) is 0 Å². The molecule has 0 aliphatic rings. The average Bonchev–Trinajstić information content (AvgIpc) is 1.25. The van der Waals surface area contributed by atoms with Gasteiger partial charge in [0.25, 0.3) is 0 Å². The number of hydrogen-bond acceptors (Lipinski definition) is 6. The summed E-state index contributed by atoms with van der Waals surface area (Å²) in [5.74, 6) is 0. The van der Waals surface area contributed by atoms with E-state index in [2.05, 4.69) is 344 Å². The Kier molecular flexibility index (Phi) is 13.8. The van der Waals surface area contributed by atoms with Crippen molar-refractivity contribution in [3.63, 3.8) is 0 Å². The number of fused-ring (bicyclic) bond motifs is 15. The van der Waals surface area contributed by atoms with Gasteiger partial charge in [-0.15, -0.1) is 0 Å². The van der Waals surface area contributed by atoms with Crippen LogP contribution in [0.1, 0.15) is 5.56 Å². The first-order valence-corrected chi connectivity index (χ1v) is 36.6. The molecule has 0 saturated carbocycles. The van der Waals surface area contributed by atoms with Crippen LogP contribution in [0, 0.1) is 11.3 Å². The van der Waals surface area contributed by atoms with Crippen molar-refractivity contribution in [1.29, 1.82) is 5.26 Å². The lowest BCUT2D eigenvalue weighted by atomic mass is 9.94. The van der Waals surface area contributed by atoms with Crippen LogP contribution in [0.25, 0.3) is 205 Å². The van der Waals surface area contributed by atoms with E-state index >= 15 is 0 Å². The highest BCUT2D eigenvalue weighted by atomic mass is 15.2. The summed E-state index contributed by atoms with van der Waals surface area (Å²) < 4.78 is 12.5. The number of aromatic nitrogens is 10. The van der Waals surface area contributed by atoms with Gasteiger partial charge in [0.15, 0.2) is 0 Å². The summed E-state index contributed by atoms with van der Waals surface area (Å²) in [5.41, 5.74) is 30.0. The molecule has 0 spiro atoms. The van der Waals surface area contributed by atoms with Crippen LogP contribution >= 0.6 is 0 Å². The molecule has 10 heterocycles. The van der Waals surface area contributed by atoms with E-state index in [0.29, 0.717) is 5.56 Å². The van der Waals surface area contributed by atoms with E-state index in [1.807, 2.05) is 43.1 Å². The van der Waals surface area contributed by atoms with Crippen LogP contribution in [0.4, 0.5) is 0 Å². The molecule has 11 nitrogen and oxygen atoms in total. The Bertz CT molecular complexity index is 7170. The molecule has 0 aliphatic heterocycles. The summed E-state index contributed by atoms with van der Waals surface area (Å²) in [7, 11) is 0. The first-order valence-electron chi connectivity index (χ1n) is 36.6. The molecule has 0 radical (unpaired) electrons. The fraction of sp³-hybridized carbons (Fsp3) is 0. The molecule has 0 fully saturated rings. The van der Waals surface area contributed by atoms with Crippen molar-refractivity contribution in [3.8, 4) is 101 Å². The standard InChI is InChI=1S/C98H59N11/c99-60-61-36-38-67(39-37-61)88-94(105-78-45-40-68(62-21-6-1-7-22-62)55-73(78)89-83(105)31-16-50-100-89)96(107-80-47-42-70(64-25-10-3-11-26-64)57-75(80)91-85(107)33-18-52-102-91)98(109-82-49-44-72(66-29-14-5-15-30-66)59-77(82)93-87(109)35-20-54-104-93)97(108-81-48-43-71(65-27-12-4-13-28-65)58-76(81)92-86(108)34-19-53-103-92)95(88)106-79-46-41-69(63-23-8-2-9-24-63)56-74(79)90-84(106)32-17-51-101-90/h1-59H. The van der Waals surface area contributed by atoms with Gasteiger partial charge in [-0.1, -0.05) is 194 Å². The fourth-order valence-electron chi connectivity index (χ4n) is 17.2. The topological polar surface area (TPSA) is 113 Å². The fourth-order valence-corrected chi connectivity index (χ4v) is 17.2. The second-order valence-electron chi connectivity index (χ2n) is 27.8. The van der Waals surface area contributed by atoms with Gasteiger partial charge in [0.1, 0.15) is 0 Å². The maximum absolute atomic E-state index is 11.0. The average molecular weight is 1390 g/mol. The number of pyridine rings is 5. The van der Waals surface area contributed by atoms with E-state index in [0.717, 1.165) is 205 Å². The van der Waals surface area contributed by atoms with Crippen molar-refractivity contribution < 1.29 is 0 Å². The molecule has 0 atom stereocenters. The van der Waals surface area contributed by atoms with Crippen LogP contribution in [0.3, 0.4) is 0 Å². The van der Waals surface area contributed by atoms with Gasteiger partial charge in [-0.3, -0.25) is 24.9 Å². The summed E-state index contributed by atoms with van der Waals surface area (Å²) in [6, 6.07) is 120. The maximum atomic E-state index is 11.0. The maximum Gasteiger partial charge on any atom is 0.0991 e. The predicted octanol–water partition coefficient (Wildman–Crippen LogP) is 24.0. The molecule has 0 saturated heterocycles. The molecule has 22 aromatic rings. The van der Waals surface area contributed by atoms with Gasteiger partial charge in [0.05, 0.1) is 123 Å². The van der Waals surface area contributed by atoms with E-state index in [-0.39, 0.29) is 0 Å². The molecule has 11 heteroatoms. The second kappa shape index (κ2) is 24.5. The predicted molar refractivity (Wildman–Crippen MR) is 444 cm³/mol. The number of nitrogens with zero attached hydrogens (tertiary/aromatic N) is 11. The van der Waals surface area contributed by atoms with E-state index in [9.17, 15) is 5.26 Å². The van der Waals surface area contributed by atoms with Crippen LogP contribution in [0.5, 0.6) is 0 Å². The molecule has 0 unspecified atom stereocenters. The number of hydrogen-bond donors (Lipinski definition) is 0. The van der Waals surface area contributed by atoms with Crippen molar-refractivity contribution in [2.45, 2.75) is 0 Å². The lowest BCUT2D eigenvalue weighted by Gasteiger charge is -2.31. The summed E-state index contributed by atoms with van der Waals surface area (Å²) >= 11 is 0. The Balaban J connectivity index is 1.06. The van der Waals surface area contributed by atoms with Crippen molar-refractivity contribution in [2.75, 3.05) is 0 Å². The van der Waals surface area contributed by atoms with Gasteiger partial charge in [0, 0.05) is 63.5 Å². The summed E-state index contributed by atoms with van der Waals surface area (Å²) in [6.45, 7) is 0. The van der Waals surface area contributed by atoms with Crippen molar-refractivity contribution >= 4 is 110 Å². The van der Waals surface area contributed by atoms with E-state index in [1.54, 1.807) is 0 Å². The zero-order chi connectivity index (χ0) is 71.8. The quantitative estimate of drug-likeness (QED) is 0.127. The van der Waals surface area contributed by atoms with Crippen LogP contribution in [-0.2, 0) is 0 Å². The minimum absolute atomic E-state index is 0.519. The van der Waals surface area contributed by atoms with Crippen LogP contribution in [-0.4, -0.2) is 47.8 Å². The normalized spacial score (nSPS) is 11.8. The van der Waals surface area contributed by atoms with Gasteiger partial charge in [-0.25, -0.2) is 0 Å². The third-order valence-electron chi connectivity index (χ3n) is 21.9. The van der Waals surface area contributed by atoms with E-state index in [4.69, 9.17) is 24.9 Å². The summed E-state index contributed by atoms with van der Waals surface area (Å²) in [6.07, 6.45) is 9.58. The highest BCUT2D eigenvalue weighted by Crippen LogP contribution is 2.55. The SMILES string of the molecule is N#Cc1ccc(-c2c(-n3c4ccc(-c5ccccc5)cc4c4ncccc43)c(-n3c4ccc(-c5ccccc5)cc4c4ncccc43)c(-n3c4ccc(-c5ccccc5)cc4c4ncccc43)c(-n3c4ccc(-c5ccccc5)cc4c4ncccc43)c2-n2c3ccc(-c4ccccc4)cc3c3ncccc32)cc1. The summed E-state index contributed by atoms with van der Waals surface area (Å²) in [5, 5.41) is 15.8. The van der Waals surface area contributed by atoms with Gasteiger partial charge < -0.3 is 22.8 Å². The van der Waals surface area contributed by atoms with Gasteiger partial charge >= 0.3 is 0 Å². The smallest absolute Gasteiger partial charge is 0.0991 e. The first-order chi connectivity index (χ1) is 54.1. The second-order valence-corrected chi connectivity index (χ2v) is 27.8. The van der Waals surface area contributed by atoms with Gasteiger partial charge in [-0.05, 0) is 195 Å². The monoisotopic (exact) mass is 1390 g/mol. The molecule has 0 bridgehead atoms.